The fourth-order valence-corrected chi connectivity index (χ4v) is 2.62. The summed E-state index contributed by atoms with van der Waals surface area (Å²) in [6.45, 7) is 5.66. The number of carbonyl (C=O) groups is 2. The second-order valence-electron chi connectivity index (χ2n) is 5.29. The monoisotopic (exact) mass is 280 g/mol. The lowest BCUT2D eigenvalue weighted by Gasteiger charge is -2.30. The molecule has 0 unspecified atom stereocenters. The summed E-state index contributed by atoms with van der Waals surface area (Å²) in [5.74, 6) is -0.264. The molecule has 1 aliphatic heterocycles. The Morgan fingerprint density at radius 2 is 2.00 bits per heavy atom. The van der Waals surface area contributed by atoms with Gasteiger partial charge in [0, 0.05) is 13.0 Å². The van der Waals surface area contributed by atoms with Crippen LogP contribution in [0.4, 0.5) is 5.69 Å². The van der Waals surface area contributed by atoms with Crippen LogP contribution < -0.4 is 10.2 Å². The van der Waals surface area contributed by atoms with Crippen molar-refractivity contribution in [2.75, 3.05) is 11.4 Å². The zero-order chi connectivity index (χ0) is 14.2. The van der Waals surface area contributed by atoms with Gasteiger partial charge in [0.25, 0.3) is 5.91 Å². The first-order chi connectivity index (χ1) is 8.83. The van der Waals surface area contributed by atoms with Gasteiger partial charge >= 0.3 is 0 Å². The molecule has 1 N–H and O–H groups in total. The molecule has 0 aliphatic carbocycles. The zero-order valence-electron chi connectivity index (χ0n) is 11.3. The first-order valence-corrected chi connectivity index (χ1v) is 6.59. The Kier molecular flexibility index (Phi) is 3.54. The number of halogens is 1. The summed E-state index contributed by atoms with van der Waals surface area (Å²) in [5.41, 5.74) is 0.698. The van der Waals surface area contributed by atoms with Gasteiger partial charge in [-0.05, 0) is 32.4 Å². The molecule has 4 nitrogen and oxygen atoms in total. The lowest BCUT2D eigenvalue weighted by atomic mass is 10.0. The van der Waals surface area contributed by atoms with Crippen LogP contribution in [-0.4, -0.2) is 23.9 Å². The second kappa shape index (κ2) is 4.85. The molecule has 1 saturated heterocycles. The molecule has 1 heterocycles. The largest absolute Gasteiger partial charge is 0.342 e. The maximum Gasteiger partial charge on any atom is 0.252 e. The lowest BCUT2D eigenvalue weighted by Crippen LogP contribution is -2.53. The van der Waals surface area contributed by atoms with Crippen molar-refractivity contribution in [1.29, 1.82) is 0 Å². The van der Waals surface area contributed by atoms with Crippen molar-refractivity contribution < 1.29 is 9.59 Å². The van der Waals surface area contributed by atoms with Crippen LogP contribution in [0.25, 0.3) is 0 Å². The maximum absolute atomic E-state index is 12.6. The fourth-order valence-electron chi connectivity index (χ4n) is 2.30. The second-order valence-corrected chi connectivity index (χ2v) is 5.69. The molecule has 0 atom stereocenters. The normalized spacial score (nSPS) is 19.1. The van der Waals surface area contributed by atoms with E-state index in [0.29, 0.717) is 17.3 Å². The standard InChI is InChI=1S/C14H17ClN2O2/c1-9-5-4-6-10(15)12(9)17-8-7-11(18)16-14(2,3)13(17)19/h4-6H,7-8H2,1-3H3,(H,16,18). The van der Waals surface area contributed by atoms with Crippen LogP contribution in [0.5, 0.6) is 0 Å². The maximum atomic E-state index is 12.6. The predicted molar refractivity (Wildman–Crippen MR) is 75.4 cm³/mol. The quantitative estimate of drug-likeness (QED) is 0.858. The van der Waals surface area contributed by atoms with E-state index in [4.69, 9.17) is 11.6 Å². The molecule has 1 aliphatic rings. The third-order valence-corrected chi connectivity index (χ3v) is 3.56. The smallest absolute Gasteiger partial charge is 0.252 e. The Hall–Kier alpha value is -1.55. The Bertz CT molecular complexity index is 520. The minimum absolute atomic E-state index is 0.120. The van der Waals surface area contributed by atoms with Gasteiger partial charge in [-0.2, -0.15) is 0 Å². The molecule has 0 radical (unpaired) electrons. The van der Waals surface area contributed by atoms with E-state index in [2.05, 4.69) is 5.32 Å². The highest BCUT2D eigenvalue weighted by molar-refractivity contribution is 6.34. The number of carbonyl (C=O) groups excluding carboxylic acids is 2. The summed E-state index contributed by atoms with van der Waals surface area (Å²) in [4.78, 5) is 25.8. The molecule has 0 bridgehead atoms. The van der Waals surface area contributed by atoms with Crippen LogP contribution in [0.3, 0.4) is 0 Å². The first-order valence-electron chi connectivity index (χ1n) is 6.21. The van der Waals surface area contributed by atoms with Crippen LogP contribution in [0.2, 0.25) is 5.02 Å². The molecule has 2 amide bonds. The Morgan fingerprint density at radius 1 is 1.32 bits per heavy atom. The Balaban J connectivity index is 2.49. The van der Waals surface area contributed by atoms with Gasteiger partial charge in [0.15, 0.2) is 0 Å². The van der Waals surface area contributed by atoms with Crippen LogP contribution in [0.1, 0.15) is 25.8 Å². The van der Waals surface area contributed by atoms with E-state index in [0.717, 1.165) is 5.56 Å². The van der Waals surface area contributed by atoms with Gasteiger partial charge < -0.3 is 10.2 Å². The molecule has 1 aromatic rings. The molecule has 102 valence electrons. The Morgan fingerprint density at radius 3 is 2.63 bits per heavy atom. The third-order valence-electron chi connectivity index (χ3n) is 3.25. The van der Waals surface area contributed by atoms with Gasteiger partial charge in [0.1, 0.15) is 5.54 Å². The summed E-state index contributed by atoms with van der Waals surface area (Å²) in [7, 11) is 0. The van der Waals surface area contributed by atoms with Gasteiger partial charge in [-0.1, -0.05) is 23.7 Å². The number of aryl methyl sites for hydroxylation is 1. The van der Waals surface area contributed by atoms with Gasteiger partial charge in [-0.25, -0.2) is 0 Å². The molecule has 2 rings (SSSR count). The molecule has 0 saturated carbocycles. The molecule has 5 heteroatoms. The van der Waals surface area contributed by atoms with E-state index in [-0.39, 0.29) is 18.2 Å². The SMILES string of the molecule is Cc1cccc(Cl)c1N1CCC(=O)NC(C)(C)C1=O. The molecule has 0 spiro atoms. The fraction of sp³-hybridized carbons (Fsp3) is 0.429. The summed E-state index contributed by atoms with van der Waals surface area (Å²) < 4.78 is 0. The van der Waals surface area contributed by atoms with E-state index in [1.54, 1.807) is 24.8 Å². The topological polar surface area (TPSA) is 49.4 Å². The van der Waals surface area contributed by atoms with Gasteiger partial charge in [-0.15, -0.1) is 0 Å². The highest BCUT2D eigenvalue weighted by Gasteiger charge is 2.38. The average Bonchev–Trinajstić information content (AvgIpc) is 2.39. The van der Waals surface area contributed by atoms with Gasteiger partial charge in [-0.3, -0.25) is 9.59 Å². The van der Waals surface area contributed by atoms with E-state index >= 15 is 0 Å². The lowest BCUT2D eigenvalue weighted by molar-refractivity contribution is -0.128. The third kappa shape index (κ3) is 2.59. The van der Waals surface area contributed by atoms with Crippen molar-refractivity contribution in [3.05, 3.63) is 28.8 Å². The Labute approximate surface area is 117 Å². The van der Waals surface area contributed by atoms with Crippen LogP contribution in [-0.2, 0) is 9.59 Å². The van der Waals surface area contributed by atoms with E-state index in [9.17, 15) is 9.59 Å². The van der Waals surface area contributed by atoms with Crippen molar-refractivity contribution in [1.82, 2.24) is 5.32 Å². The van der Waals surface area contributed by atoms with E-state index < -0.39 is 5.54 Å². The summed E-state index contributed by atoms with van der Waals surface area (Å²) in [6.07, 6.45) is 0.278. The predicted octanol–water partition coefficient (Wildman–Crippen LogP) is 2.28. The number of para-hydroxylation sites is 1. The summed E-state index contributed by atoms with van der Waals surface area (Å²) in [6, 6.07) is 5.50. The van der Waals surface area contributed by atoms with E-state index in [1.807, 2.05) is 19.1 Å². The number of hydrogen-bond acceptors (Lipinski definition) is 2. The molecule has 0 aromatic heterocycles. The van der Waals surface area contributed by atoms with Crippen molar-refractivity contribution in [2.24, 2.45) is 0 Å². The van der Waals surface area contributed by atoms with Crippen molar-refractivity contribution in [3.63, 3.8) is 0 Å². The van der Waals surface area contributed by atoms with Crippen LogP contribution in [0.15, 0.2) is 18.2 Å². The average molecular weight is 281 g/mol. The van der Waals surface area contributed by atoms with Crippen molar-refractivity contribution in [3.8, 4) is 0 Å². The molecular formula is C14H17ClN2O2. The number of benzene rings is 1. The highest BCUT2D eigenvalue weighted by atomic mass is 35.5. The number of hydrogen-bond donors (Lipinski definition) is 1. The van der Waals surface area contributed by atoms with Crippen LogP contribution >= 0.6 is 11.6 Å². The summed E-state index contributed by atoms with van der Waals surface area (Å²) >= 11 is 6.21. The van der Waals surface area contributed by atoms with Gasteiger partial charge in [0.05, 0.1) is 10.7 Å². The number of nitrogens with zero attached hydrogens (tertiary/aromatic N) is 1. The number of amides is 2. The van der Waals surface area contributed by atoms with Crippen molar-refractivity contribution in [2.45, 2.75) is 32.7 Å². The van der Waals surface area contributed by atoms with Crippen molar-refractivity contribution >= 4 is 29.1 Å². The molecule has 1 aromatic carbocycles. The zero-order valence-corrected chi connectivity index (χ0v) is 12.0. The number of nitrogens with one attached hydrogen (secondary N) is 1. The van der Waals surface area contributed by atoms with E-state index in [1.165, 1.54) is 0 Å². The van der Waals surface area contributed by atoms with Crippen LogP contribution in [0, 0.1) is 6.92 Å². The van der Waals surface area contributed by atoms with Gasteiger partial charge in [0.2, 0.25) is 5.91 Å². The molecular weight excluding hydrogens is 264 g/mol. The number of anilines is 1. The number of rotatable bonds is 1. The molecule has 1 fully saturated rings. The summed E-state index contributed by atoms with van der Waals surface area (Å²) in [5, 5.41) is 3.26. The highest BCUT2D eigenvalue weighted by Crippen LogP contribution is 2.32. The minimum Gasteiger partial charge on any atom is -0.342 e. The minimum atomic E-state index is -0.917. The first kappa shape index (κ1) is 13.9. The molecule has 19 heavy (non-hydrogen) atoms.